The number of nitrogens with zero attached hydrogens (tertiary/aromatic N) is 3. The van der Waals surface area contributed by atoms with Crippen LogP contribution in [0, 0.1) is 18.7 Å². The van der Waals surface area contributed by atoms with E-state index in [2.05, 4.69) is 20.5 Å². The van der Waals surface area contributed by atoms with Gasteiger partial charge in [-0.2, -0.15) is 5.10 Å². The van der Waals surface area contributed by atoms with E-state index in [4.69, 9.17) is 5.73 Å². The van der Waals surface area contributed by atoms with Crippen molar-refractivity contribution in [2.75, 3.05) is 17.6 Å². The number of rotatable bonds is 2. The monoisotopic (exact) mass is 410 g/mol. The van der Waals surface area contributed by atoms with Crippen LogP contribution in [0.15, 0.2) is 30.6 Å². The van der Waals surface area contributed by atoms with Gasteiger partial charge in [-0.15, -0.1) is 0 Å². The highest BCUT2D eigenvalue weighted by molar-refractivity contribution is 6.39. The van der Waals surface area contributed by atoms with E-state index in [1.807, 2.05) is 13.0 Å². The van der Waals surface area contributed by atoms with Crippen LogP contribution in [0.2, 0.25) is 0 Å². The van der Waals surface area contributed by atoms with E-state index in [-0.39, 0.29) is 12.0 Å². The van der Waals surface area contributed by atoms with Crippen molar-refractivity contribution in [3.8, 4) is 0 Å². The Morgan fingerprint density at radius 3 is 2.83 bits per heavy atom. The van der Waals surface area contributed by atoms with Crippen molar-refractivity contribution in [1.29, 1.82) is 0 Å². The van der Waals surface area contributed by atoms with Gasteiger partial charge in [0.15, 0.2) is 0 Å². The fourth-order valence-corrected chi connectivity index (χ4v) is 3.92. The number of H-pyrrole nitrogens is 1. The summed E-state index contributed by atoms with van der Waals surface area (Å²) >= 11 is 0. The second-order valence-corrected chi connectivity index (χ2v) is 7.87. The Bertz CT molecular complexity index is 1130. The maximum Gasteiger partial charge on any atom is 0.313 e. The molecule has 3 aromatic rings. The zero-order valence-corrected chi connectivity index (χ0v) is 16.8. The quantitative estimate of drug-likeness (QED) is 0.562. The molecular weight excluding hydrogens is 387 g/mol. The Morgan fingerprint density at radius 1 is 1.27 bits per heavy atom. The Balaban J connectivity index is 1.60. The number of aromatic amines is 1. The second kappa shape index (κ2) is 7.74. The molecule has 2 aromatic heterocycles. The van der Waals surface area contributed by atoms with Gasteiger partial charge in [0.1, 0.15) is 17.2 Å². The number of benzene rings is 1. The Morgan fingerprint density at radius 2 is 2.07 bits per heavy atom. The predicted molar refractivity (Wildman–Crippen MR) is 111 cm³/mol. The average Bonchev–Trinajstić information content (AvgIpc) is 3.19. The summed E-state index contributed by atoms with van der Waals surface area (Å²) in [5.41, 5.74) is 7.78. The molecule has 2 amide bonds. The van der Waals surface area contributed by atoms with Gasteiger partial charge in [-0.3, -0.25) is 14.7 Å². The Kier molecular flexibility index (Phi) is 5.11. The lowest BCUT2D eigenvalue weighted by atomic mass is 9.89. The summed E-state index contributed by atoms with van der Waals surface area (Å²) in [4.78, 5) is 31.2. The minimum Gasteiger partial charge on any atom is -0.383 e. The summed E-state index contributed by atoms with van der Waals surface area (Å²) in [5, 5.41) is 9.73. The third kappa shape index (κ3) is 3.70. The molecule has 1 fully saturated rings. The number of hydrogen-bond acceptors (Lipinski definition) is 5. The number of nitrogens with one attached hydrogen (secondary N) is 2. The molecule has 2 atom stereocenters. The van der Waals surface area contributed by atoms with Crippen LogP contribution < -0.4 is 11.1 Å². The van der Waals surface area contributed by atoms with E-state index < -0.39 is 17.6 Å². The van der Waals surface area contributed by atoms with Gasteiger partial charge in [-0.25, -0.2) is 9.37 Å². The van der Waals surface area contributed by atoms with E-state index in [0.29, 0.717) is 46.5 Å². The number of aryl methyl sites for hydroxylation is 1. The van der Waals surface area contributed by atoms with Crippen molar-refractivity contribution in [2.45, 2.75) is 32.7 Å². The van der Waals surface area contributed by atoms with Crippen LogP contribution in [0.4, 0.5) is 15.9 Å². The highest BCUT2D eigenvalue weighted by atomic mass is 19.1. The maximum absolute atomic E-state index is 14.5. The Hall–Kier alpha value is -3.49. The normalized spacial score (nSPS) is 19.1. The molecule has 0 bridgehead atoms. The van der Waals surface area contributed by atoms with E-state index in [0.717, 1.165) is 6.42 Å². The molecule has 0 saturated carbocycles. The zero-order chi connectivity index (χ0) is 21.4. The van der Waals surface area contributed by atoms with Gasteiger partial charge < -0.3 is 16.0 Å². The number of carbonyl (C=O) groups excluding carboxylic acids is 2. The number of nitrogen functional groups attached to an aromatic ring is 1. The summed E-state index contributed by atoms with van der Waals surface area (Å²) in [6.45, 7) is 4.21. The number of aromatic nitrogens is 3. The molecule has 1 aromatic carbocycles. The smallest absolute Gasteiger partial charge is 0.313 e. The first-order chi connectivity index (χ1) is 14.3. The van der Waals surface area contributed by atoms with Crippen molar-refractivity contribution in [2.24, 2.45) is 5.92 Å². The molecule has 1 saturated heterocycles. The van der Waals surface area contributed by atoms with Crippen LogP contribution in [0.5, 0.6) is 0 Å². The second-order valence-electron chi connectivity index (χ2n) is 7.87. The predicted octanol–water partition coefficient (Wildman–Crippen LogP) is 2.93. The minimum atomic E-state index is -0.759. The van der Waals surface area contributed by atoms with Crippen LogP contribution in [0.1, 0.15) is 36.9 Å². The van der Waals surface area contributed by atoms with Crippen LogP contribution in [0.3, 0.4) is 0 Å². The number of anilines is 2. The molecule has 0 radical (unpaired) electrons. The first-order valence-electron chi connectivity index (χ1n) is 9.80. The largest absolute Gasteiger partial charge is 0.383 e. The van der Waals surface area contributed by atoms with Gasteiger partial charge in [0, 0.05) is 11.9 Å². The molecule has 1 unspecified atom stereocenters. The van der Waals surface area contributed by atoms with Gasteiger partial charge in [0.05, 0.1) is 24.1 Å². The molecular formula is C21H23FN6O2. The minimum absolute atomic E-state index is 0.237. The highest BCUT2D eigenvalue weighted by Crippen LogP contribution is 2.35. The number of pyridine rings is 1. The lowest BCUT2D eigenvalue weighted by molar-refractivity contribution is -0.146. The van der Waals surface area contributed by atoms with Gasteiger partial charge in [-0.05, 0) is 55.0 Å². The molecule has 3 heterocycles. The number of piperidine rings is 1. The van der Waals surface area contributed by atoms with E-state index in [1.165, 1.54) is 17.2 Å². The fourth-order valence-electron chi connectivity index (χ4n) is 3.92. The molecule has 4 rings (SSSR count). The molecule has 4 N–H and O–H groups in total. The van der Waals surface area contributed by atoms with Gasteiger partial charge in [0.25, 0.3) is 0 Å². The number of hydrogen-bond donors (Lipinski definition) is 3. The molecule has 1 aliphatic rings. The summed E-state index contributed by atoms with van der Waals surface area (Å²) in [5.74, 6) is -1.25. The molecule has 1 aliphatic heterocycles. The third-order valence-electron chi connectivity index (χ3n) is 5.56. The number of carbonyl (C=O) groups is 2. The van der Waals surface area contributed by atoms with Crippen LogP contribution in [-0.2, 0) is 9.59 Å². The van der Waals surface area contributed by atoms with Crippen LogP contribution >= 0.6 is 0 Å². The lowest BCUT2D eigenvalue weighted by Crippen LogP contribution is -2.46. The van der Waals surface area contributed by atoms with Crippen molar-refractivity contribution < 1.29 is 14.0 Å². The molecule has 0 spiro atoms. The van der Waals surface area contributed by atoms with Crippen molar-refractivity contribution >= 4 is 34.2 Å². The topological polar surface area (TPSA) is 117 Å². The van der Waals surface area contributed by atoms with Crippen molar-refractivity contribution in [3.63, 3.8) is 0 Å². The first kappa shape index (κ1) is 19.8. The number of nitrogens with two attached hydrogens (primary N) is 1. The number of halogens is 1. The summed E-state index contributed by atoms with van der Waals surface area (Å²) < 4.78 is 14.5. The fraction of sp³-hybridized carbons (Fsp3) is 0.333. The van der Waals surface area contributed by atoms with Gasteiger partial charge in [-0.1, -0.05) is 6.92 Å². The first-order valence-corrected chi connectivity index (χ1v) is 9.80. The van der Waals surface area contributed by atoms with E-state index in [1.54, 1.807) is 19.2 Å². The molecule has 156 valence electrons. The Labute approximate surface area is 172 Å². The lowest BCUT2D eigenvalue weighted by Gasteiger charge is -2.38. The van der Waals surface area contributed by atoms with E-state index in [9.17, 15) is 14.0 Å². The molecule has 0 aliphatic carbocycles. The molecule has 30 heavy (non-hydrogen) atoms. The summed E-state index contributed by atoms with van der Waals surface area (Å²) in [7, 11) is 0. The zero-order valence-electron chi connectivity index (χ0n) is 16.8. The van der Waals surface area contributed by atoms with Gasteiger partial charge >= 0.3 is 11.8 Å². The van der Waals surface area contributed by atoms with Crippen LogP contribution in [0.25, 0.3) is 10.9 Å². The van der Waals surface area contributed by atoms with Gasteiger partial charge in [0.2, 0.25) is 0 Å². The molecule has 9 heteroatoms. The summed E-state index contributed by atoms with van der Waals surface area (Å²) in [6, 6.07) is 4.49. The van der Waals surface area contributed by atoms with Crippen LogP contribution in [-0.4, -0.2) is 38.4 Å². The third-order valence-corrected chi connectivity index (χ3v) is 5.56. The van der Waals surface area contributed by atoms with Crippen molar-refractivity contribution in [3.05, 3.63) is 47.5 Å². The number of amides is 2. The molecule has 8 nitrogen and oxygen atoms in total. The SMILES string of the molecule is Cc1cc(NC(=O)C(=O)N2C[C@@H](C)CCC2c2cc(F)c3[nH]ncc3c2)cnc1N. The number of likely N-dealkylation sites (tertiary alicyclic amines) is 1. The number of fused-ring (bicyclic) bond motifs is 1. The highest BCUT2D eigenvalue weighted by Gasteiger charge is 2.34. The van der Waals surface area contributed by atoms with Crippen molar-refractivity contribution in [1.82, 2.24) is 20.1 Å². The maximum atomic E-state index is 14.5. The summed E-state index contributed by atoms with van der Waals surface area (Å²) in [6.07, 6.45) is 4.47. The standard InChI is InChI=1S/C21H23FN6O2/c1-11-3-4-17(13-6-14-8-25-27-18(14)16(22)7-13)28(10-11)21(30)20(29)26-15-5-12(2)19(23)24-9-15/h5-9,11,17H,3-4,10H2,1-2H3,(H2,23,24)(H,25,27)(H,26,29)/t11-,17?/m0/s1. The van der Waals surface area contributed by atoms with E-state index >= 15 is 0 Å². The average molecular weight is 410 g/mol.